The average molecular weight is 469 g/mol. The van der Waals surface area contributed by atoms with Crippen molar-refractivity contribution in [2.45, 2.75) is 24.0 Å². The predicted octanol–water partition coefficient (Wildman–Crippen LogP) is 4.63. The van der Waals surface area contributed by atoms with Gasteiger partial charge in [-0.2, -0.15) is 11.8 Å². The predicted molar refractivity (Wildman–Crippen MR) is 132 cm³/mol. The number of rotatable bonds is 11. The molecule has 0 aromatic heterocycles. The lowest BCUT2D eigenvalue weighted by Crippen LogP contribution is -2.41. The van der Waals surface area contributed by atoms with Gasteiger partial charge in [-0.05, 0) is 48.4 Å². The smallest absolute Gasteiger partial charge is 0.264 e. The third kappa shape index (κ3) is 6.61. The lowest BCUT2D eigenvalue weighted by Gasteiger charge is -2.25. The zero-order chi connectivity index (χ0) is 22.8. The number of carbonyl (C=O) groups is 1. The molecule has 168 valence electrons. The van der Waals surface area contributed by atoms with E-state index >= 15 is 0 Å². The molecule has 0 fully saturated rings. The molecule has 0 aliphatic carbocycles. The van der Waals surface area contributed by atoms with Crippen LogP contribution in [0, 0.1) is 6.92 Å². The molecule has 0 saturated heterocycles. The maximum atomic E-state index is 13.3. The van der Waals surface area contributed by atoms with Crippen molar-refractivity contribution >= 4 is 33.4 Å². The molecule has 0 aliphatic rings. The van der Waals surface area contributed by atoms with Crippen LogP contribution < -0.4 is 9.62 Å². The Morgan fingerprint density at radius 3 is 2.22 bits per heavy atom. The number of anilines is 1. The van der Waals surface area contributed by atoms with Gasteiger partial charge in [0, 0.05) is 12.3 Å². The topological polar surface area (TPSA) is 66.5 Å². The van der Waals surface area contributed by atoms with E-state index in [1.807, 2.05) is 49.0 Å². The molecule has 0 saturated carbocycles. The second-order valence-electron chi connectivity index (χ2n) is 7.35. The third-order valence-electron chi connectivity index (χ3n) is 4.90. The number of amides is 1. The first kappa shape index (κ1) is 23.9. The first-order valence-corrected chi connectivity index (χ1v) is 13.1. The summed E-state index contributed by atoms with van der Waals surface area (Å²) in [6, 6.07) is 25.6. The van der Waals surface area contributed by atoms with Gasteiger partial charge in [-0.25, -0.2) is 8.42 Å². The lowest BCUT2D eigenvalue weighted by atomic mass is 10.2. The van der Waals surface area contributed by atoms with Crippen LogP contribution in [-0.4, -0.2) is 33.2 Å². The Bertz CT molecular complexity index is 1100. The van der Waals surface area contributed by atoms with E-state index < -0.39 is 10.0 Å². The summed E-state index contributed by atoms with van der Waals surface area (Å²) in [7, 11) is -3.87. The highest BCUT2D eigenvalue weighted by molar-refractivity contribution is 7.98. The fourth-order valence-corrected chi connectivity index (χ4v) is 5.64. The average Bonchev–Trinajstić information content (AvgIpc) is 2.81. The molecule has 0 radical (unpaired) electrons. The summed E-state index contributed by atoms with van der Waals surface area (Å²) in [6.45, 7) is 2.08. The lowest BCUT2D eigenvalue weighted by molar-refractivity contribution is -0.119. The molecule has 3 aromatic rings. The summed E-state index contributed by atoms with van der Waals surface area (Å²) in [5, 5.41) is 2.87. The molecule has 0 spiro atoms. The molecule has 3 aromatic carbocycles. The van der Waals surface area contributed by atoms with E-state index in [2.05, 4.69) is 17.4 Å². The standard InChI is InChI=1S/C25H28N2O3S2/c1-21-11-8-9-16-24(21)27(32(29,30)23-14-6-3-7-15-23)19-25(28)26-17-10-18-31-20-22-12-4-2-5-13-22/h2-9,11-16H,10,17-20H2,1H3,(H,26,28). The number of para-hydroxylation sites is 1. The van der Waals surface area contributed by atoms with Gasteiger partial charge in [-0.3, -0.25) is 9.10 Å². The largest absolute Gasteiger partial charge is 0.354 e. The number of carbonyl (C=O) groups excluding carboxylic acids is 1. The second kappa shape index (κ2) is 11.7. The van der Waals surface area contributed by atoms with E-state index in [9.17, 15) is 13.2 Å². The highest BCUT2D eigenvalue weighted by atomic mass is 32.2. The van der Waals surface area contributed by atoms with Gasteiger partial charge in [0.05, 0.1) is 10.6 Å². The van der Waals surface area contributed by atoms with Crippen LogP contribution in [0.15, 0.2) is 89.8 Å². The number of hydrogen-bond donors (Lipinski definition) is 1. The molecule has 7 heteroatoms. The number of sulfonamides is 1. The Hall–Kier alpha value is -2.77. The molecule has 0 aliphatic heterocycles. The molecule has 1 amide bonds. The minimum atomic E-state index is -3.87. The van der Waals surface area contributed by atoms with Gasteiger partial charge in [0.1, 0.15) is 6.54 Å². The second-order valence-corrected chi connectivity index (χ2v) is 10.3. The Balaban J connectivity index is 1.59. The molecular weight excluding hydrogens is 440 g/mol. The Labute approximate surface area is 194 Å². The number of nitrogens with zero attached hydrogens (tertiary/aromatic N) is 1. The maximum absolute atomic E-state index is 13.3. The maximum Gasteiger partial charge on any atom is 0.264 e. The van der Waals surface area contributed by atoms with Crippen molar-refractivity contribution in [2.75, 3.05) is 23.1 Å². The number of aryl methyl sites for hydroxylation is 1. The fourth-order valence-electron chi connectivity index (χ4n) is 3.22. The summed E-state index contributed by atoms with van der Waals surface area (Å²) in [5.74, 6) is 1.53. The number of benzene rings is 3. The first-order chi connectivity index (χ1) is 15.5. The summed E-state index contributed by atoms with van der Waals surface area (Å²) >= 11 is 1.81. The zero-order valence-electron chi connectivity index (χ0n) is 18.1. The van der Waals surface area contributed by atoms with Crippen LogP contribution in [0.1, 0.15) is 17.5 Å². The van der Waals surface area contributed by atoms with Crippen LogP contribution in [0.5, 0.6) is 0 Å². The van der Waals surface area contributed by atoms with Crippen molar-refractivity contribution in [3.63, 3.8) is 0 Å². The van der Waals surface area contributed by atoms with E-state index in [4.69, 9.17) is 0 Å². The van der Waals surface area contributed by atoms with Crippen molar-refractivity contribution in [1.82, 2.24) is 5.32 Å². The summed E-state index contributed by atoms with van der Waals surface area (Å²) in [6.07, 6.45) is 0.818. The number of hydrogen-bond acceptors (Lipinski definition) is 4. The van der Waals surface area contributed by atoms with E-state index in [1.54, 1.807) is 42.5 Å². The van der Waals surface area contributed by atoms with Crippen molar-refractivity contribution in [3.8, 4) is 0 Å². The van der Waals surface area contributed by atoms with Gasteiger partial charge in [-0.1, -0.05) is 66.7 Å². The van der Waals surface area contributed by atoms with E-state index in [0.29, 0.717) is 12.2 Å². The zero-order valence-corrected chi connectivity index (χ0v) is 19.7. The Kier molecular flexibility index (Phi) is 8.76. The minimum absolute atomic E-state index is 0.161. The van der Waals surface area contributed by atoms with E-state index in [-0.39, 0.29) is 17.3 Å². The Morgan fingerprint density at radius 2 is 1.53 bits per heavy atom. The van der Waals surface area contributed by atoms with Crippen molar-refractivity contribution < 1.29 is 13.2 Å². The Morgan fingerprint density at radius 1 is 0.906 bits per heavy atom. The van der Waals surface area contributed by atoms with Crippen LogP contribution >= 0.6 is 11.8 Å². The number of thioether (sulfide) groups is 1. The van der Waals surface area contributed by atoms with Crippen molar-refractivity contribution in [3.05, 3.63) is 96.1 Å². The van der Waals surface area contributed by atoms with Gasteiger partial charge in [-0.15, -0.1) is 0 Å². The van der Waals surface area contributed by atoms with Gasteiger partial charge in [0.15, 0.2) is 0 Å². The highest BCUT2D eigenvalue weighted by Crippen LogP contribution is 2.26. The first-order valence-electron chi connectivity index (χ1n) is 10.5. The summed E-state index contributed by atoms with van der Waals surface area (Å²) in [5.41, 5.74) is 2.57. The van der Waals surface area contributed by atoms with E-state index in [0.717, 1.165) is 23.5 Å². The van der Waals surface area contributed by atoms with Crippen LogP contribution in [0.4, 0.5) is 5.69 Å². The van der Waals surface area contributed by atoms with Gasteiger partial charge < -0.3 is 5.32 Å². The molecule has 0 heterocycles. The van der Waals surface area contributed by atoms with Crippen LogP contribution in [0.25, 0.3) is 0 Å². The quantitative estimate of drug-likeness (QED) is 0.417. The fraction of sp³-hybridized carbons (Fsp3) is 0.240. The third-order valence-corrected chi connectivity index (χ3v) is 7.79. The normalized spacial score (nSPS) is 11.2. The molecular formula is C25H28N2O3S2. The van der Waals surface area contributed by atoms with Crippen molar-refractivity contribution in [2.24, 2.45) is 0 Å². The van der Waals surface area contributed by atoms with Gasteiger partial charge in [0.2, 0.25) is 5.91 Å². The minimum Gasteiger partial charge on any atom is -0.354 e. The summed E-state index contributed by atoms with van der Waals surface area (Å²) in [4.78, 5) is 12.8. The number of nitrogens with one attached hydrogen (secondary N) is 1. The van der Waals surface area contributed by atoms with Crippen molar-refractivity contribution in [1.29, 1.82) is 0 Å². The molecule has 32 heavy (non-hydrogen) atoms. The summed E-state index contributed by atoms with van der Waals surface area (Å²) < 4.78 is 27.8. The highest BCUT2D eigenvalue weighted by Gasteiger charge is 2.27. The van der Waals surface area contributed by atoms with Crippen LogP contribution in [0.3, 0.4) is 0 Å². The molecule has 3 rings (SSSR count). The van der Waals surface area contributed by atoms with Crippen LogP contribution in [0.2, 0.25) is 0 Å². The molecule has 0 bridgehead atoms. The molecule has 1 N–H and O–H groups in total. The van der Waals surface area contributed by atoms with Gasteiger partial charge in [0.25, 0.3) is 10.0 Å². The van der Waals surface area contributed by atoms with Crippen LogP contribution in [-0.2, 0) is 20.6 Å². The molecule has 0 atom stereocenters. The SMILES string of the molecule is Cc1ccccc1N(CC(=O)NCCCSCc1ccccc1)S(=O)(=O)c1ccccc1. The monoisotopic (exact) mass is 468 g/mol. The molecule has 0 unspecified atom stereocenters. The molecule has 5 nitrogen and oxygen atoms in total. The van der Waals surface area contributed by atoms with E-state index in [1.165, 1.54) is 9.87 Å². The van der Waals surface area contributed by atoms with Gasteiger partial charge >= 0.3 is 0 Å².